The zero-order chi connectivity index (χ0) is 56.1. The first-order valence-corrected chi connectivity index (χ1v) is 25.3. The molecular formula is C51H73N13O12. The number of nitrogens with zero attached hydrogens (tertiary/aromatic N) is 3. The van der Waals surface area contributed by atoms with Gasteiger partial charge in [-0.25, -0.2) is 9.78 Å². The Morgan fingerprint density at radius 2 is 1.36 bits per heavy atom. The number of hydrogen-bond donors (Lipinski definition) is 13. The third-order valence-electron chi connectivity index (χ3n) is 12.9. The number of aryl methyl sites for hydroxylation is 1. The van der Waals surface area contributed by atoms with Crippen LogP contribution in [0.25, 0.3) is 0 Å². The zero-order valence-electron chi connectivity index (χ0n) is 43.2. The van der Waals surface area contributed by atoms with Crippen LogP contribution in [0.4, 0.5) is 0 Å². The van der Waals surface area contributed by atoms with E-state index in [4.69, 9.17) is 17.2 Å². The van der Waals surface area contributed by atoms with Gasteiger partial charge in [0.2, 0.25) is 41.4 Å². The number of amides is 7. The predicted octanol–water partition coefficient (Wildman–Crippen LogP) is -0.925. The first-order valence-electron chi connectivity index (χ1n) is 25.3. The summed E-state index contributed by atoms with van der Waals surface area (Å²) >= 11 is 0. The maximum absolute atomic E-state index is 14.6. The van der Waals surface area contributed by atoms with Crippen molar-refractivity contribution in [1.82, 2.24) is 46.8 Å². The number of hydrogen-bond acceptors (Lipinski definition) is 13. The number of phenolic OH excluding ortho intramolecular Hbond substituents is 1. The minimum absolute atomic E-state index is 0.00119. The van der Waals surface area contributed by atoms with E-state index in [-0.39, 0.29) is 69.7 Å². The van der Waals surface area contributed by atoms with Crippen LogP contribution in [0.2, 0.25) is 0 Å². The summed E-state index contributed by atoms with van der Waals surface area (Å²) in [6, 6.07) is 4.07. The van der Waals surface area contributed by atoms with Gasteiger partial charge in [0.15, 0.2) is 5.96 Å². The molecule has 1 fully saturated rings. The highest BCUT2D eigenvalue weighted by atomic mass is 16.4. The fourth-order valence-corrected chi connectivity index (χ4v) is 8.47. The Labute approximate surface area is 440 Å². The molecule has 1 saturated heterocycles. The zero-order valence-corrected chi connectivity index (χ0v) is 43.2. The Hall–Kier alpha value is -8.09. The molecule has 7 amide bonds. The van der Waals surface area contributed by atoms with E-state index < -0.39 is 120 Å². The average molecular weight is 1060 g/mol. The molecule has 3 aromatic rings. The molecule has 25 nitrogen and oxygen atoms in total. The molecule has 414 valence electrons. The number of rotatable bonds is 30. The molecule has 1 aliphatic heterocycles. The van der Waals surface area contributed by atoms with Gasteiger partial charge in [0, 0.05) is 44.7 Å². The van der Waals surface area contributed by atoms with E-state index in [1.807, 2.05) is 0 Å². The summed E-state index contributed by atoms with van der Waals surface area (Å²) in [5.74, 6) is -9.05. The predicted molar refractivity (Wildman–Crippen MR) is 277 cm³/mol. The summed E-state index contributed by atoms with van der Waals surface area (Å²) in [5, 5.41) is 45.2. The average Bonchev–Trinajstić information content (AvgIpc) is 4.10. The smallest absolute Gasteiger partial charge is 0.326 e. The highest BCUT2D eigenvalue weighted by Crippen LogP contribution is 2.22. The van der Waals surface area contributed by atoms with Crippen molar-refractivity contribution in [2.24, 2.45) is 34.0 Å². The Morgan fingerprint density at radius 3 is 1.96 bits per heavy atom. The van der Waals surface area contributed by atoms with Gasteiger partial charge in [0.1, 0.15) is 53.9 Å². The fourth-order valence-electron chi connectivity index (χ4n) is 8.47. The number of likely N-dealkylation sites (tertiary alicyclic amines) is 1. The normalized spacial score (nSPS) is 16.3. The van der Waals surface area contributed by atoms with E-state index >= 15 is 0 Å². The monoisotopic (exact) mass is 1060 g/mol. The van der Waals surface area contributed by atoms with Crippen LogP contribution in [0.1, 0.15) is 89.6 Å². The van der Waals surface area contributed by atoms with Crippen molar-refractivity contribution < 1.29 is 58.5 Å². The Bertz CT molecular complexity index is 2470. The van der Waals surface area contributed by atoms with E-state index in [0.717, 1.165) is 0 Å². The number of nitrogens with two attached hydrogens (primary N) is 3. The molecule has 1 aromatic heterocycles. The van der Waals surface area contributed by atoms with Crippen LogP contribution in [-0.4, -0.2) is 151 Å². The van der Waals surface area contributed by atoms with E-state index in [9.17, 15) is 58.5 Å². The summed E-state index contributed by atoms with van der Waals surface area (Å²) in [6.45, 7) is 6.94. The molecule has 9 atom stereocenters. The molecule has 0 saturated carbocycles. The highest BCUT2D eigenvalue weighted by Gasteiger charge is 2.41. The van der Waals surface area contributed by atoms with Gasteiger partial charge in [-0.2, -0.15) is 0 Å². The molecular weight excluding hydrogens is 987 g/mol. The molecule has 4 rings (SSSR count). The summed E-state index contributed by atoms with van der Waals surface area (Å²) in [7, 11) is 0. The molecule has 25 heteroatoms. The molecule has 2 heterocycles. The van der Waals surface area contributed by atoms with Gasteiger partial charge in [-0.1, -0.05) is 76.6 Å². The van der Waals surface area contributed by atoms with Crippen molar-refractivity contribution in [2.45, 2.75) is 140 Å². The molecule has 16 N–H and O–H groups in total. The first-order chi connectivity index (χ1) is 36.1. The SMILES string of the molecule is CC[C@H](C)[C@H](NC(=O)[C@H](Cc1ccc(O)cc1)NC(=O)[C@@H](NC(=O)[C@H](CCCN=C(N)N)NC(=O)[C@@H](N)CC(=O)O)C(C)C)C(=O)N[C@@H](CCc1ncc[nH]1)C(=O)N1CCC[C@H]1C(=O)N[C@@H](Cc1ccccc1)C(=O)O. The standard InChI is InChI=1S/C51H73N13O12/c1-5-29(4)42(48(73)59-35(19-20-39-55-22-23-56-39)49(74)64-24-10-14-38(64)46(71)61-37(50(75)76)26-30-11-7-6-8-12-30)63-45(70)36(25-31-15-17-32(65)18-16-31)60-47(72)41(28(2)3)62-44(69)34(13-9-21-57-51(53)54)58-43(68)33(52)27-40(66)67/h6-8,11-12,15-18,22-23,28-29,33-38,41-42,65H,5,9-10,13-14,19-21,24-27,52H2,1-4H3,(H,55,56)(H,58,68)(H,59,73)(H,60,72)(H,61,71)(H,62,69)(H,63,70)(H,66,67)(H,75,76)(H4,53,54,57)/t29-,33-,34-,35-,36-,37-,38-,41-,42-/m0/s1. The quantitative estimate of drug-likeness (QED) is 0.0218. The van der Waals surface area contributed by atoms with Crippen molar-refractivity contribution in [3.05, 3.63) is 83.9 Å². The lowest BCUT2D eigenvalue weighted by atomic mass is 9.96. The largest absolute Gasteiger partial charge is 0.508 e. The number of phenols is 1. The molecule has 0 radical (unpaired) electrons. The molecule has 1 aliphatic rings. The van der Waals surface area contributed by atoms with Gasteiger partial charge in [-0.15, -0.1) is 0 Å². The van der Waals surface area contributed by atoms with Crippen molar-refractivity contribution in [3.63, 3.8) is 0 Å². The maximum atomic E-state index is 14.6. The second-order valence-corrected chi connectivity index (χ2v) is 19.2. The number of carbonyl (C=O) groups excluding carboxylic acids is 7. The molecule has 0 bridgehead atoms. The minimum Gasteiger partial charge on any atom is -0.508 e. The lowest BCUT2D eigenvalue weighted by Gasteiger charge is -2.32. The van der Waals surface area contributed by atoms with E-state index in [1.165, 1.54) is 35.4 Å². The molecule has 0 unspecified atom stereocenters. The summed E-state index contributed by atoms with van der Waals surface area (Å²) in [5.41, 5.74) is 17.8. The summed E-state index contributed by atoms with van der Waals surface area (Å²) < 4.78 is 0. The molecule has 2 aromatic carbocycles. The number of aliphatic carboxylic acids is 2. The number of aromatic amines is 1. The number of aliphatic imine (C=N–C) groups is 1. The number of carboxylic acid groups (broad SMARTS) is 2. The maximum Gasteiger partial charge on any atom is 0.326 e. The van der Waals surface area contributed by atoms with E-state index in [1.54, 1.807) is 64.2 Å². The van der Waals surface area contributed by atoms with Crippen LogP contribution >= 0.6 is 0 Å². The number of benzene rings is 2. The third kappa shape index (κ3) is 19.0. The fraction of sp³-hybridized carbons (Fsp3) is 0.510. The topological polar surface area (TPSA) is 409 Å². The molecule has 76 heavy (non-hydrogen) atoms. The number of aromatic hydroxyl groups is 1. The number of aromatic nitrogens is 2. The van der Waals surface area contributed by atoms with Crippen LogP contribution in [0, 0.1) is 11.8 Å². The van der Waals surface area contributed by atoms with Crippen LogP contribution in [0.3, 0.4) is 0 Å². The lowest BCUT2D eigenvalue weighted by Crippen LogP contribution is -2.62. The van der Waals surface area contributed by atoms with Gasteiger partial charge < -0.3 is 74.3 Å². The van der Waals surface area contributed by atoms with Crippen molar-refractivity contribution in [1.29, 1.82) is 0 Å². The van der Waals surface area contributed by atoms with Crippen molar-refractivity contribution in [3.8, 4) is 5.75 Å². The van der Waals surface area contributed by atoms with E-state index in [0.29, 0.717) is 29.8 Å². The van der Waals surface area contributed by atoms with Gasteiger partial charge in [-0.3, -0.25) is 43.3 Å². The van der Waals surface area contributed by atoms with Crippen LogP contribution in [0.5, 0.6) is 5.75 Å². The first kappa shape index (κ1) is 60.5. The van der Waals surface area contributed by atoms with Crippen molar-refractivity contribution in [2.75, 3.05) is 13.1 Å². The number of carboxylic acids is 2. The number of carbonyl (C=O) groups is 9. The Morgan fingerprint density at radius 1 is 0.750 bits per heavy atom. The number of nitrogens with one attached hydrogen (secondary N) is 7. The Kier molecular flexibility index (Phi) is 23.6. The lowest BCUT2D eigenvalue weighted by molar-refractivity contribution is -0.145. The number of imidazole rings is 1. The molecule has 0 aliphatic carbocycles. The van der Waals surface area contributed by atoms with Gasteiger partial charge in [0.25, 0.3) is 0 Å². The van der Waals surface area contributed by atoms with Crippen LogP contribution < -0.4 is 49.1 Å². The van der Waals surface area contributed by atoms with Gasteiger partial charge in [-0.05, 0) is 67.2 Å². The second kappa shape index (κ2) is 29.7. The van der Waals surface area contributed by atoms with Gasteiger partial charge in [0.05, 0.1) is 12.5 Å². The van der Waals surface area contributed by atoms with Crippen LogP contribution in [-0.2, 0) is 62.4 Å². The number of guanidine groups is 1. The minimum atomic E-state index is -1.51. The highest BCUT2D eigenvalue weighted by molar-refractivity contribution is 5.98. The van der Waals surface area contributed by atoms with Gasteiger partial charge >= 0.3 is 11.9 Å². The number of H-pyrrole nitrogens is 1. The summed E-state index contributed by atoms with van der Waals surface area (Å²) in [4.78, 5) is 135. The van der Waals surface area contributed by atoms with Crippen LogP contribution in [0.15, 0.2) is 72.0 Å². The Balaban J connectivity index is 1.59. The third-order valence-corrected chi connectivity index (χ3v) is 12.9. The second-order valence-electron chi connectivity index (χ2n) is 19.2. The van der Waals surface area contributed by atoms with Crippen molar-refractivity contribution >= 4 is 59.2 Å². The van der Waals surface area contributed by atoms with E-state index in [2.05, 4.69) is 46.9 Å². The summed E-state index contributed by atoms with van der Waals surface area (Å²) in [6.07, 6.45) is 3.53. The molecule has 0 spiro atoms.